The van der Waals surface area contributed by atoms with Crippen molar-refractivity contribution in [1.82, 2.24) is 5.32 Å². The Morgan fingerprint density at radius 1 is 1.12 bits per heavy atom. The molecule has 0 amide bonds. The maximum Gasteiger partial charge on any atom is 0.0867 e. The molecule has 0 aliphatic carbocycles. The van der Waals surface area contributed by atoms with Crippen LogP contribution in [-0.4, -0.2) is 18.2 Å². The first-order chi connectivity index (χ1) is 7.53. The van der Waals surface area contributed by atoms with E-state index in [0.717, 1.165) is 18.7 Å². The number of nitrogens with one attached hydrogen (secondary N) is 1. The van der Waals surface area contributed by atoms with E-state index in [0.29, 0.717) is 5.92 Å². The third-order valence-electron chi connectivity index (χ3n) is 3.64. The Hall–Kier alpha value is -0.570. The summed E-state index contributed by atoms with van der Waals surface area (Å²) in [6.07, 6.45) is -0.352. The first kappa shape index (κ1) is 14.5. The van der Waals surface area contributed by atoms with Gasteiger partial charge in [-0.15, -0.1) is 12.4 Å². The SMILES string of the molecule is CC(C)c1ccc(C(O)C2(C)CNC2)cc1.Cl. The summed E-state index contributed by atoms with van der Waals surface area (Å²) in [5, 5.41) is 13.5. The zero-order valence-electron chi connectivity index (χ0n) is 10.7. The first-order valence-electron chi connectivity index (χ1n) is 6.01. The minimum Gasteiger partial charge on any atom is -0.388 e. The molecule has 2 nitrogen and oxygen atoms in total. The van der Waals surface area contributed by atoms with Crippen molar-refractivity contribution in [1.29, 1.82) is 0 Å². The van der Waals surface area contributed by atoms with E-state index < -0.39 is 0 Å². The Morgan fingerprint density at radius 2 is 1.59 bits per heavy atom. The lowest BCUT2D eigenvalue weighted by Crippen LogP contribution is -2.54. The summed E-state index contributed by atoms with van der Waals surface area (Å²) in [4.78, 5) is 0. The van der Waals surface area contributed by atoms with Gasteiger partial charge in [-0.1, -0.05) is 45.0 Å². The molecule has 1 atom stereocenters. The Kier molecular flexibility index (Phi) is 4.59. The van der Waals surface area contributed by atoms with Gasteiger partial charge in [0.2, 0.25) is 0 Å². The van der Waals surface area contributed by atoms with Gasteiger partial charge in [0, 0.05) is 18.5 Å². The minimum atomic E-state index is -0.352. The molecule has 1 aromatic carbocycles. The van der Waals surface area contributed by atoms with Gasteiger partial charge >= 0.3 is 0 Å². The van der Waals surface area contributed by atoms with Gasteiger partial charge in [0.1, 0.15) is 0 Å². The molecule has 0 aromatic heterocycles. The molecule has 0 spiro atoms. The van der Waals surface area contributed by atoms with Crippen LogP contribution in [0.2, 0.25) is 0 Å². The van der Waals surface area contributed by atoms with E-state index in [9.17, 15) is 5.11 Å². The van der Waals surface area contributed by atoms with Gasteiger partial charge in [0.15, 0.2) is 0 Å². The molecular formula is C14H22ClNO. The summed E-state index contributed by atoms with van der Waals surface area (Å²) in [5.41, 5.74) is 2.38. The number of halogens is 1. The van der Waals surface area contributed by atoms with Gasteiger partial charge in [0.05, 0.1) is 6.10 Å². The molecule has 3 heteroatoms. The third-order valence-corrected chi connectivity index (χ3v) is 3.64. The molecule has 96 valence electrons. The van der Waals surface area contributed by atoms with Gasteiger partial charge in [-0.25, -0.2) is 0 Å². The fourth-order valence-electron chi connectivity index (χ4n) is 2.18. The number of benzene rings is 1. The van der Waals surface area contributed by atoms with E-state index in [1.165, 1.54) is 5.56 Å². The van der Waals surface area contributed by atoms with Crippen LogP contribution >= 0.6 is 12.4 Å². The Bertz CT molecular complexity index is 357. The van der Waals surface area contributed by atoms with Crippen molar-refractivity contribution in [2.24, 2.45) is 5.41 Å². The maximum atomic E-state index is 10.3. The average molecular weight is 256 g/mol. The topological polar surface area (TPSA) is 32.3 Å². The monoisotopic (exact) mass is 255 g/mol. The van der Waals surface area contributed by atoms with Crippen LogP contribution in [0.3, 0.4) is 0 Å². The van der Waals surface area contributed by atoms with Crippen LogP contribution in [0.25, 0.3) is 0 Å². The first-order valence-corrected chi connectivity index (χ1v) is 6.01. The van der Waals surface area contributed by atoms with Crippen LogP contribution in [0.4, 0.5) is 0 Å². The normalized spacial score (nSPS) is 19.4. The fraction of sp³-hybridized carbons (Fsp3) is 0.571. The number of hydrogen-bond donors (Lipinski definition) is 2. The smallest absolute Gasteiger partial charge is 0.0867 e. The zero-order valence-corrected chi connectivity index (χ0v) is 11.6. The Labute approximate surface area is 110 Å². The highest BCUT2D eigenvalue weighted by Crippen LogP contribution is 2.37. The van der Waals surface area contributed by atoms with Crippen molar-refractivity contribution < 1.29 is 5.11 Å². The number of aliphatic hydroxyl groups is 1. The molecule has 1 aromatic rings. The summed E-state index contributed by atoms with van der Waals surface area (Å²) in [7, 11) is 0. The molecular weight excluding hydrogens is 234 g/mol. The zero-order chi connectivity index (χ0) is 11.8. The van der Waals surface area contributed by atoms with Gasteiger partial charge in [0.25, 0.3) is 0 Å². The molecule has 1 heterocycles. The van der Waals surface area contributed by atoms with Crippen molar-refractivity contribution in [3.8, 4) is 0 Å². The predicted molar refractivity (Wildman–Crippen MR) is 73.7 cm³/mol. The Balaban J connectivity index is 0.00000144. The van der Waals surface area contributed by atoms with Crippen LogP contribution in [0.1, 0.15) is 43.9 Å². The third kappa shape index (κ3) is 2.82. The molecule has 1 aliphatic rings. The second kappa shape index (κ2) is 5.38. The van der Waals surface area contributed by atoms with E-state index in [2.05, 4.69) is 50.4 Å². The second-order valence-electron chi connectivity index (χ2n) is 5.48. The molecule has 0 bridgehead atoms. The van der Waals surface area contributed by atoms with Gasteiger partial charge in [-0.2, -0.15) is 0 Å². The number of rotatable bonds is 3. The molecule has 17 heavy (non-hydrogen) atoms. The van der Waals surface area contributed by atoms with Crippen molar-refractivity contribution in [2.75, 3.05) is 13.1 Å². The molecule has 1 unspecified atom stereocenters. The molecule has 2 N–H and O–H groups in total. The second-order valence-corrected chi connectivity index (χ2v) is 5.48. The van der Waals surface area contributed by atoms with E-state index >= 15 is 0 Å². The van der Waals surface area contributed by atoms with Gasteiger partial charge in [-0.3, -0.25) is 0 Å². The van der Waals surface area contributed by atoms with Gasteiger partial charge in [-0.05, 0) is 17.0 Å². The van der Waals surface area contributed by atoms with Crippen LogP contribution < -0.4 is 5.32 Å². The standard InChI is InChI=1S/C14H21NO.ClH/c1-10(2)11-4-6-12(7-5-11)13(16)14(3)8-15-9-14;/h4-7,10,13,15-16H,8-9H2,1-3H3;1H. The lowest BCUT2D eigenvalue weighted by atomic mass is 9.75. The van der Waals surface area contributed by atoms with Crippen LogP contribution in [0.15, 0.2) is 24.3 Å². The molecule has 0 saturated carbocycles. The summed E-state index contributed by atoms with van der Waals surface area (Å²) in [5.74, 6) is 0.548. The fourth-order valence-corrected chi connectivity index (χ4v) is 2.18. The molecule has 1 saturated heterocycles. The van der Waals surface area contributed by atoms with E-state index in [4.69, 9.17) is 0 Å². The lowest BCUT2D eigenvalue weighted by molar-refractivity contribution is -0.00261. The van der Waals surface area contributed by atoms with E-state index in [-0.39, 0.29) is 23.9 Å². The highest BCUT2D eigenvalue weighted by Gasteiger charge is 2.39. The maximum absolute atomic E-state index is 10.3. The van der Waals surface area contributed by atoms with E-state index in [1.807, 2.05) is 0 Å². The molecule has 1 aliphatic heterocycles. The molecule has 1 fully saturated rings. The molecule has 0 radical (unpaired) electrons. The summed E-state index contributed by atoms with van der Waals surface area (Å²) < 4.78 is 0. The summed E-state index contributed by atoms with van der Waals surface area (Å²) >= 11 is 0. The molecule has 2 rings (SSSR count). The minimum absolute atomic E-state index is 0. The quantitative estimate of drug-likeness (QED) is 0.871. The van der Waals surface area contributed by atoms with Crippen molar-refractivity contribution >= 4 is 12.4 Å². The van der Waals surface area contributed by atoms with Crippen molar-refractivity contribution in [3.05, 3.63) is 35.4 Å². The van der Waals surface area contributed by atoms with Crippen LogP contribution in [-0.2, 0) is 0 Å². The largest absolute Gasteiger partial charge is 0.388 e. The average Bonchev–Trinajstić information content (AvgIpc) is 2.25. The number of aliphatic hydroxyl groups excluding tert-OH is 1. The van der Waals surface area contributed by atoms with Crippen LogP contribution in [0, 0.1) is 5.41 Å². The summed E-state index contributed by atoms with van der Waals surface area (Å²) in [6.45, 7) is 8.30. The Morgan fingerprint density at radius 3 is 1.94 bits per heavy atom. The van der Waals surface area contributed by atoms with Crippen molar-refractivity contribution in [3.63, 3.8) is 0 Å². The summed E-state index contributed by atoms with van der Waals surface area (Å²) in [6, 6.07) is 8.37. The number of hydrogen-bond acceptors (Lipinski definition) is 2. The highest BCUT2D eigenvalue weighted by molar-refractivity contribution is 5.85. The van der Waals surface area contributed by atoms with Crippen molar-refractivity contribution in [2.45, 2.75) is 32.8 Å². The van der Waals surface area contributed by atoms with Crippen LogP contribution in [0.5, 0.6) is 0 Å². The predicted octanol–water partition coefficient (Wildman–Crippen LogP) is 2.87. The van der Waals surface area contributed by atoms with E-state index in [1.54, 1.807) is 0 Å². The lowest BCUT2D eigenvalue weighted by Gasteiger charge is -2.43. The van der Waals surface area contributed by atoms with Gasteiger partial charge < -0.3 is 10.4 Å². The highest BCUT2D eigenvalue weighted by atomic mass is 35.5.